The summed E-state index contributed by atoms with van der Waals surface area (Å²) < 4.78 is 16.6. The zero-order valence-corrected chi connectivity index (χ0v) is 20.2. The summed E-state index contributed by atoms with van der Waals surface area (Å²) in [6.07, 6.45) is 2.48. The van der Waals surface area contributed by atoms with E-state index < -0.39 is 0 Å². The number of methoxy groups -OCH3 is 2. The quantitative estimate of drug-likeness (QED) is 0.420. The highest BCUT2D eigenvalue weighted by atomic mass is 16.5. The van der Waals surface area contributed by atoms with Crippen molar-refractivity contribution in [2.24, 2.45) is 10.9 Å². The minimum Gasteiger partial charge on any atom is -0.493 e. The standard InChI is InChI=1S/C24H41N5O3/c1-5-9-28-10-8-19(18-28)16-26-24(25-2)27-17-21(29-11-13-32-14-12-29)20-6-7-22(30-3)23(15-20)31-4/h6-7,15,19,21H,5,8-14,16-18H2,1-4H3,(H2,25,26,27). The smallest absolute Gasteiger partial charge is 0.191 e. The molecule has 0 radical (unpaired) electrons. The monoisotopic (exact) mass is 447 g/mol. The number of guanidine groups is 1. The van der Waals surface area contributed by atoms with E-state index in [0.717, 1.165) is 56.9 Å². The van der Waals surface area contributed by atoms with Gasteiger partial charge in [-0.15, -0.1) is 0 Å². The average molecular weight is 448 g/mol. The molecule has 8 heteroatoms. The summed E-state index contributed by atoms with van der Waals surface area (Å²) in [7, 11) is 5.19. The Kier molecular flexibility index (Phi) is 9.89. The molecule has 2 aliphatic rings. The van der Waals surface area contributed by atoms with E-state index in [2.05, 4.69) is 44.5 Å². The lowest BCUT2D eigenvalue weighted by Gasteiger charge is -2.35. The van der Waals surface area contributed by atoms with Crippen LogP contribution >= 0.6 is 0 Å². The van der Waals surface area contributed by atoms with Crippen LogP contribution in [0.2, 0.25) is 0 Å². The first-order valence-electron chi connectivity index (χ1n) is 11.9. The van der Waals surface area contributed by atoms with Crippen LogP contribution in [0.25, 0.3) is 0 Å². The summed E-state index contributed by atoms with van der Waals surface area (Å²) in [6.45, 7) is 10.9. The molecule has 2 fully saturated rings. The molecule has 2 unspecified atom stereocenters. The summed E-state index contributed by atoms with van der Waals surface area (Å²) in [4.78, 5) is 9.50. The van der Waals surface area contributed by atoms with Crippen molar-refractivity contribution in [3.05, 3.63) is 23.8 Å². The first kappa shape index (κ1) is 24.6. The van der Waals surface area contributed by atoms with Crippen molar-refractivity contribution in [3.8, 4) is 11.5 Å². The molecule has 0 amide bonds. The summed E-state index contributed by atoms with van der Waals surface area (Å²) in [5, 5.41) is 7.11. The number of nitrogens with one attached hydrogen (secondary N) is 2. The van der Waals surface area contributed by atoms with Gasteiger partial charge in [-0.3, -0.25) is 9.89 Å². The van der Waals surface area contributed by atoms with E-state index in [1.54, 1.807) is 14.2 Å². The maximum absolute atomic E-state index is 5.59. The van der Waals surface area contributed by atoms with Crippen LogP contribution < -0.4 is 20.1 Å². The van der Waals surface area contributed by atoms with Crippen molar-refractivity contribution in [2.45, 2.75) is 25.8 Å². The molecule has 2 aliphatic heterocycles. The summed E-state index contributed by atoms with van der Waals surface area (Å²) in [6, 6.07) is 6.37. The Morgan fingerprint density at radius 3 is 2.62 bits per heavy atom. The van der Waals surface area contributed by atoms with Gasteiger partial charge in [-0.1, -0.05) is 13.0 Å². The van der Waals surface area contributed by atoms with Crippen molar-refractivity contribution < 1.29 is 14.2 Å². The van der Waals surface area contributed by atoms with Gasteiger partial charge in [0.2, 0.25) is 0 Å². The Bertz CT molecular complexity index is 724. The normalized spacial score (nSPS) is 21.4. The molecule has 2 N–H and O–H groups in total. The van der Waals surface area contributed by atoms with Gasteiger partial charge in [0.1, 0.15) is 0 Å². The third kappa shape index (κ3) is 6.73. The Hall–Kier alpha value is -2.03. The molecule has 1 aromatic carbocycles. The van der Waals surface area contributed by atoms with Gasteiger partial charge in [0.25, 0.3) is 0 Å². The van der Waals surface area contributed by atoms with Crippen molar-refractivity contribution >= 4 is 5.96 Å². The van der Waals surface area contributed by atoms with E-state index in [-0.39, 0.29) is 6.04 Å². The van der Waals surface area contributed by atoms with Gasteiger partial charge in [-0.25, -0.2) is 0 Å². The molecule has 8 nitrogen and oxygen atoms in total. The summed E-state index contributed by atoms with van der Waals surface area (Å²) >= 11 is 0. The van der Waals surface area contributed by atoms with E-state index in [1.807, 2.05) is 13.1 Å². The second-order valence-corrected chi connectivity index (χ2v) is 8.57. The fourth-order valence-corrected chi connectivity index (χ4v) is 4.66. The molecule has 0 aromatic heterocycles. The third-order valence-corrected chi connectivity index (χ3v) is 6.43. The van der Waals surface area contributed by atoms with Crippen LogP contribution in [0.1, 0.15) is 31.4 Å². The number of rotatable bonds is 10. The second kappa shape index (κ2) is 12.9. The van der Waals surface area contributed by atoms with Crippen LogP contribution in [0.4, 0.5) is 0 Å². The molecule has 1 aromatic rings. The van der Waals surface area contributed by atoms with Gasteiger partial charge in [-0.05, 0) is 49.5 Å². The predicted octanol–water partition coefficient (Wildman–Crippen LogP) is 1.97. The highest BCUT2D eigenvalue weighted by Crippen LogP contribution is 2.32. The van der Waals surface area contributed by atoms with Gasteiger partial charge in [0.05, 0.1) is 33.5 Å². The molecule has 3 rings (SSSR count). The molecule has 0 bridgehead atoms. The van der Waals surface area contributed by atoms with E-state index >= 15 is 0 Å². The van der Waals surface area contributed by atoms with E-state index in [0.29, 0.717) is 5.92 Å². The molecular formula is C24H41N5O3. The van der Waals surface area contributed by atoms with Gasteiger partial charge in [-0.2, -0.15) is 0 Å². The van der Waals surface area contributed by atoms with Gasteiger partial charge < -0.3 is 29.7 Å². The summed E-state index contributed by atoms with van der Waals surface area (Å²) in [5.74, 6) is 3.04. The Labute approximate surface area is 193 Å². The number of hydrogen-bond acceptors (Lipinski definition) is 6. The van der Waals surface area contributed by atoms with Crippen LogP contribution in [0, 0.1) is 5.92 Å². The summed E-state index contributed by atoms with van der Waals surface area (Å²) in [5.41, 5.74) is 1.19. The maximum atomic E-state index is 5.59. The zero-order valence-electron chi connectivity index (χ0n) is 20.2. The SMILES string of the molecule is CCCN1CCC(CNC(=NC)NCC(c2ccc(OC)c(OC)c2)N2CCOCC2)C1. The molecule has 0 aliphatic carbocycles. The van der Waals surface area contributed by atoms with Crippen LogP contribution in [-0.2, 0) is 4.74 Å². The average Bonchev–Trinajstić information content (AvgIpc) is 3.29. The van der Waals surface area contributed by atoms with Crippen molar-refractivity contribution in [3.63, 3.8) is 0 Å². The number of ether oxygens (including phenoxy) is 3. The lowest BCUT2D eigenvalue weighted by Crippen LogP contribution is -2.47. The number of aliphatic imine (C=N–C) groups is 1. The van der Waals surface area contributed by atoms with Gasteiger partial charge in [0, 0.05) is 39.8 Å². The highest BCUT2D eigenvalue weighted by Gasteiger charge is 2.25. The number of benzene rings is 1. The number of hydrogen-bond donors (Lipinski definition) is 2. The predicted molar refractivity (Wildman–Crippen MR) is 129 cm³/mol. The number of morpholine rings is 1. The fourth-order valence-electron chi connectivity index (χ4n) is 4.66. The van der Waals surface area contributed by atoms with E-state index in [9.17, 15) is 0 Å². The lowest BCUT2D eigenvalue weighted by molar-refractivity contribution is 0.0169. The maximum Gasteiger partial charge on any atom is 0.191 e. The third-order valence-electron chi connectivity index (χ3n) is 6.43. The molecule has 32 heavy (non-hydrogen) atoms. The molecule has 2 atom stereocenters. The molecule has 0 saturated carbocycles. The first-order valence-corrected chi connectivity index (χ1v) is 11.9. The molecular weight excluding hydrogens is 406 g/mol. The Balaban J connectivity index is 1.61. The van der Waals surface area contributed by atoms with E-state index in [4.69, 9.17) is 14.2 Å². The highest BCUT2D eigenvalue weighted by molar-refractivity contribution is 5.79. The molecule has 180 valence electrons. The number of likely N-dealkylation sites (tertiary alicyclic amines) is 1. The van der Waals surface area contributed by atoms with Crippen molar-refractivity contribution in [1.82, 2.24) is 20.4 Å². The second-order valence-electron chi connectivity index (χ2n) is 8.57. The molecule has 0 spiro atoms. The van der Waals surface area contributed by atoms with Crippen molar-refractivity contribution in [2.75, 3.05) is 80.3 Å². The zero-order chi connectivity index (χ0) is 22.8. The number of nitrogens with zero attached hydrogens (tertiary/aromatic N) is 3. The topological polar surface area (TPSA) is 70.6 Å². The Morgan fingerprint density at radius 2 is 1.94 bits per heavy atom. The van der Waals surface area contributed by atoms with Crippen LogP contribution in [-0.4, -0.2) is 96.1 Å². The van der Waals surface area contributed by atoms with Gasteiger partial charge >= 0.3 is 0 Å². The van der Waals surface area contributed by atoms with Gasteiger partial charge in [0.15, 0.2) is 17.5 Å². The minimum absolute atomic E-state index is 0.184. The van der Waals surface area contributed by atoms with Crippen molar-refractivity contribution in [1.29, 1.82) is 0 Å². The lowest BCUT2D eigenvalue weighted by atomic mass is 10.0. The van der Waals surface area contributed by atoms with E-state index in [1.165, 1.54) is 38.0 Å². The first-order chi connectivity index (χ1) is 15.7. The van der Waals surface area contributed by atoms with Crippen LogP contribution in [0.5, 0.6) is 11.5 Å². The minimum atomic E-state index is 0.184. The Morgan fingerprint density at radius 1 is 1.16 bits per heavy atom. The molecule has 2 saturated heterocycles. The largest absolute Gasteiger partial charge is 0.493 e. The van der Waals surface area contributed by atoms with Crippen LogP contribution in [0.15, 0.2) is 23.2 Å². The fraction of sp³-hybridized carbons (Fsp3) is 0.708. The molecule has 2 heterocycles. The van der Waals surface area contributed by atoms with Crippen LogP contribution in [0.3, 0.4) is 0 Å².